The van der Waals surface area contributed by atoms with E-state index in [0.29, 0.717) is 24.0 Å². The van der Waals surface area contributed by atoms with Gasteiger partial charge in [0.25, 0.3) is 0 Å². The minimum Gasteiger partial charge on any atom is -0.322 e. The normalized spacial score (nSPS) is 37.0. The lowest BCUT2D eigenvalue weighted by Crippen LogP contribution is -2.49. The summed E-state index contributed by atoms with van der Waals surface area (Å²) in [5.74, 6) is 1.11. The second kappa shape index (κ2) is 5.67. The van der Waals surface area contributed by atoms with E-state index in [9.17, 15) is 4.79 Å². The van der Waals surface area contributed by atoms with Gasteiger partial charge in [-0.15, -0.1) is 0 Å². The van der Waals surface area contributed by atoms with E-state index in [2.05, 4.69) is 24.1 Å². The topological polar surface area (TPSA) is 32.3 Å². The molecule has 0 radical (unpaired) electrons. The molecule has 1 aliphatic heterocycles. The van der Waals surface area contributed by atoms with Gasteiger partial charge in [-0.1, -0.05) is 46.0 Å². The molecule has 1 spiro atoms. The number of hydrogen-bond donors (Lipinski definition) is 1. The highest BCUT2D eigenvalue weighted by molar-refractivity contribution is 5.89. The predicted octanol–water partition coefficient (Wildman–Crippen LogP) is 3.44. The van der Waals surface area contributed by atoms with E-state index in [4.69, 9.17) is 0 Å². The molecule has 2 saturated carbocycles. The number of carbonyl (C=O) groups is 1. The molecule has 0 bridgehead atoms. The summed E-state index contributed by atoms with van der Waals surface area (Å²) in [4.78, 5) is 15.4. The maximum atomic E-state index is 13.1. The summed E-state index contributed by atoms with van der Waals surface area (Å²) in [6, 6.07) is 0.486. The fourth-order valence-electron chi connectivity index (χ4n) is 4.75. The lowest BCUT2D eigenvalue weighted by atomic mass is 9.84. The van der Waals surface area contributed by atoms with Crippen LogP contribution in [0, 0.1) is 5.92 Å². The van der Waals surface area contributed by atoms with Crippen LogP contribution in [0.5, 0.6) is 0 Å². The molecule has 3 rings (SSSR count). The molecule has 3 fully saturated rings. The number of rotatable bonds is 3. The number of carbonyl (C=O) groups excluding carboxylic acids is 1. The molecular formula is C17H30N2O. The van der Waals surface area contributed by atoms with Gasteiger partial charge in [-0.05, 0) is 38.0 Å². The Morgan fingerprint density at radius 3 is 2.55 bits per heavy atom. The van der Waals surface area contributed by atoms with E-state index in [-0.39, 0.29) is 5.54 Å². The second-order valence-corrected chi connectivity index (χ2v) is 7.28. The molecule has 3 unspecified atom stereocenters. The first-order valence-corrected chi connectivity index (χ1v) is 8.78. The molecule has 3 aliphatic rings. The van der Waals surface area contributed by atoms with Crippen LogP contribution in [-0.4, -0.2) is 28.6 Å². The van der Waals surface area contributed by atoms with Crippen molar-refractivity contribution in [2.24, 2.45) is 5.92 Å². The smallest absolute Gasteiger partial charge is 0.244 e. The molecule has 1 heterocycles. The summed E-state index contributed by atoms with van der Waals surface area (Å²) < 4.78 is 0. The van der Waals surface area contributed by atoms with E-state index in [0.717, 1.165) is 25.7 Å². The summed E-state index contributed by atoms with van der Waals surface area (Å²) in [7, 11) is 0. The van der Waals surface area contributed by atoms with Gasteiger partial charge in [0, 0.05) is 6.04 Å². The van der Waals surface area contributed by atoms with Crippen LogP contribution in [0.4, 0.5) is 0 Å². The monoisotopic (exact) mass is 278 g/mol. The largest absolute Gasteiger partial charge is 0.322 e. The van der Waals surface area contributed by atoms with Gasteiger partial charge in [0.15, 0.2) is 0 Å². The number of hydrogen-bond acceptors (Lipinski definition) is 2. The van der Waals surface area contributed by atoms with Crippen LogP contribution in [0.25, 0.3) is 0 Å². The SMILES string of the molecule is CCCC1NC2(CCCC2)C(=O)N1C1CCCCC1C. The van der Waals surface area contributed by atoms with Gasteiger partial charge in [-0.25, -0.2) is 0 Å². The first-order chi connectivity index (χ1) is 9.68. The fourth-order valence-corrected chi connectivity index (χ4v) is 4.75. The molecule has 1 saturated heterocycles. The molecule has 20 heavy (non-hydrogen) atoms. The highest BCUT2D eigenvalue weighted by Crippen LogP contribution is 2.41. The Balaban J connectivity index is 1.83. The maximum Gasteiger partial charge on any atom is 0.244 e. The standard InChI is InChI=1S/C17H30N2O/c1-3-8-15-18-17(11-6-7-12-17)16(20)19(15)14-10-5-4-9-13(14)2/h13-15,18H,3-12H2,1-2H3. The minimum absolute atomic E-state index is 0.184. The Kier molecular flexibility index (Phi) is 4.07. The molecule has 0 aromatic heterocycles. The maximum absolute atomic E-state index is 13.1. The summed E-state index contributed by atoms with van der Waals surface area (Å²) >= 11 is 0. The molecule has 2 aliphatic carbocycles. The second-order valence-electron chi connectivity index (χ2n) is 7.28. The molecule has 3 nitrogen and oxygen atoms in total. The van der Waals surface area contributed by atoms with E-state index >= 15 is 0 Å². The van der Waals surface area contributed by atoms with Crippen LogP contribution in [0.1, 0.15) is 78.1 Å². The van der Waals surface area contributed by atoms with Gasteiger partial charge in [-0.2, -0.15) is 0 Å². The number of nitrogens with zero attached hydrogens (tertiary/aromatic N) is 1. The third kappa shape index (κ3) is 2.28. The van der Waals surface area contributed by atoms with Crippen molar-refractivity contribution in [3.63, 3.8) is 0 Å². The highest BCUT2D eigenvalue weighted by atomic mass is 16.2. The first-order valence-electron chi connectivity index (χ1n) is 8.78. The molecule has 0 aromatic rings. The van der Waals surface area contributed by atoms with Crippen molar-refractivity contribution >= 4 is 5.91 Å². The van der Waals surface area contributed by atoms with Crippen LogP contribution in [0.3, 0.4) is 0 Å². The third-order valence-corrected chi connectivity index (χ3v) is 5.87. The number of nitrogens with one attached hydrogen (secondary N) is 1. The predicted molar refractivity (Wildman–Crippen MR) is 81.3 cm³/mol. The molecule has 1 amide bonds. The minimum atomic E-state index is -0.184. The van der Waals surface area contributed by atoms with Gasteiger partial charge in [0.1, 0.15) is 0 Å². The third-order valence-electron chi connectivity index (χ3n) is 5.87. The summed E-state index contributed by atoms with van der Waals surface area (Å²) in [6.45, 7) is 4.58. The van der Waals surface area contributed by atoms with Gasteiger partial charge in [-0.3, -0.25) is 10.1 Å². The van der Waals surface area contributed by atoms with Gasteiger partial charge in [0.2, 0.25) is 5.91 Å². The van der Waals surface area contributed by atoms with E-state index in [1.165, 1.54) is 38.5 Å². The zero-order valence-corrected chi connectivity index (χ0v) is 13.2. The van der Waals surface area contributed by atoms with E-state index in [1.807, 2.05) is 0 Å². The van der Waals surface area contributed by atoms with Gasteiger partial charge < -0.3 is 4.90 Å². The van der Waals surface area contributed by atoms with Crippen molar-refractivity contribution in [3.8, 4) is 0 Å². The zero-order valence-electron chi connectivity index (χ0n) is 13.2. The molecular weight excluding hydrogens is 248 g/mol. The van der Waals surface area contributed by atoms with E-state index < -0.39 is 0 Å². The van der Waals surface area contributed by atoms with Crippen molar-refractivity contribution in [3.05, 3.63) is 0 Å². The molecule has 3 atom stereocenters. The Hall–Kier alpha value is -0.570. The van der Waals surface area contributed by atoms with Crippen molar-refractivity contribution in [1.82, 2.24) is 10.2 Å². The van der Waals surface area contributed by atoms with Crippen molar-refractivity contribution < 1.29 is 4.79 Å². The summed E-state index contributed by atoms with van der Waals surface area (Å²) in [5.41, 5.74) is -0.184. The lowest BCUT2D eigenvalue weighted by Gasteiger charge is -2.39. The average molecular weight is 278 g/mol. The first kappa shape index (κ1) is 14.4. The van der Waals surface area contributed by atoms with Gasteiger partial charge in [0.05, 0.1) is 11.7 Å². The highest BCUT2D eigenvalue weighted by Gasteiger charge is 2.54. The molecule has 1 N–H and O–H groups in total. The molecule has 114 valence electrons. The molecule has 0 aromatic carbocycles. The Morgan fingerprint density at radius 1 is 1.20 bits per heavy atom. The average Bonchev–Trinajstić information content (AvgIpc) is 3.00. The van der Waals surface area contributed by atoms with Crippen LogP contribution in [0.2, 0.25) is 0 Å². The fraction of sp³-hybridized carbons (Fsp3) is 0.941. The quantitative estimate of drug-likeness (QED) is 0.857. The van der Waals surface area contributed by atoms with Crippen LogP contribution < -0.4 is 5.32 Å². The Morgan fingerprint density at radius 2 is 1.90 bits per heavy atom. The van der Waals surface area contributed by atoms with Crippen LogP contribution in [-0.2, 0) is 4.79 Å². The van der Waals surface area contributed by atoms with Crippen LogP contribution >= 0.6 is 0 Å². The Labute approximate surface area is 123 Å². The van der Waals surface area contributed by atoms with Crippen molar-refractivity contribution in [2.75, 3.05) is 0 Å². The number of amides is 1. The summed E-state index contributed by atoms with van der Waals surface area (Å²) in [5, 5.41) is 3.76. The molecule has 3 heteroatoms. The van der Waals surface area contributed by atoms with Gasteiger partial charge >= 0.3 is 0 Å². The lowest BCUT2D eigenvalue weighted by molar-refractivity contribution is -0.137. The van der Waals surface area contributed by atoms with Crippen molar-refractivity contribution in [2.45, 2.75) is 95.8 Å². The van der Waals surface area contributed by atoms with Crippen LogP contribution in [0.15, 0.2) is 0 Å². The van der Waals surface area contributed by atoms with E-state index in [1.54, 1.807) is 0 Å². The zero-order chi connectivity index (χ0) is 14.2. The Bertz CT molecular complexity index is 362. The van der Waals surface area contributed by atoms with Crippen molar-refractivity contribution in [1.29, 1.82) is 0 Å². The summed E-state index contributed by atoms with van der Waals surface area (Å²) in [6.07, 6.45) is 12.3.